The Bertz CT molecular complexity index is 668. The Morgan fingerprint density at radius 2 is 1.95 bits per heavy atom. The molecule has 0 saturated carbocycles. The molecule has 0 heterocycles. The fraction of sp³-hybridized carbons (Fsp3) is 0.235. The molecule has 2 aromatic rings. The zero-order chi connectivity index (χ0) is 15.4. The van der Waals surface area contributed by atoms with Gasteiger partial charge in [0.25, 0.3) is 5.91 Å². The first-order chi connectivity index (χ1) is 10.0. The molecule has 2 aromatic carbocycles. The summed E-state index contributed by atoms with van der Waals surface area (Å²) in [7, 11) is 0. The van der Waals surface area contributed by atoms with Crippen LogP contribution in [0, 0.1) is 13.8 Å². The van der Waals surface area contributed by atoms with Crippen LogP contribution in [0.2, 0.25) is 5.02 Å². The lowest BCUT2D eigenvalue weighted by Gasteiger charge is -2.12. The lowest BCUT2D eigenvalue weighted by Crippen LogP contribution is -2.14. The van der Waals surface area contributed by atoms with Crippen LogP contribution in [-0.4, -0.2) is 12.5 Å². The monoisotopic (exact) mass is 303 g/mol. The molecular weight excluding hydrogens is 286 g/mol. The Morgan fingerprint density at radius 3 is 2.62 bits per heavy atom. The number of nitrogens with one attached hydrogen (secondary N) is 1. The Labute approximate surface area is 129 Å². The number of rotatable bonds is 4. The lowest BCUT2D eigenvalue weighted by atomic mass is 10.1. The second kappa shape index (κ2) is 6.64. The van der Waals surface area contributed by atoms with Crippen LogP contribution < -0.4 is 10.1 Å². The number of amides is 1. The summed E-state index contributed by atoms with van der Waals surface area (Å²) in [5.41, 5.74) is 3.39. The molecule has 21 heavy (non-hydrogen) atoms. The minimum Gasteiger partial charge on any atom is -0.493 e. The molecule has 0 bridgehead atoms. The van der Waals surface area contributed by atoms with Gasteiger partial charge in [0, 0.05) is 10.7 Å². The van der Waals surface area contributed by atoms with E-state index in [9.17, 15) is 4.79 Å². The fourth-order valence-electron chi connectivity index (χ4n) is 2.10. The van der Waals surface area contributed by atoms with E-state index in [1.54, 1.807) is 18.2 Å². The molecule has 0 aliphatic heterocycles. The van der Waals surface area contributed by atoms with Gasteiger partial charge in [-0.2, -0.15) is 0 Å². The number of halogens is 1. The summed E-state index contributed by atoms with van der Waals surface area (Å²) in [6.07, 6.45) is 0. The molecule has 0 aliphatic carbocycles. The number of carbonyl (C=O) groups excluding carboxylic acids is 1. The van der Waals surface area contributed by atoms with Crippen LogP contribution >= 0.6 is 11.6 Å². The summed E-state index contributed by atoms with van der Waals surface area (Å²) < 4.78 is 5.48. The Balaban J connectivity index is 2.29. The van der Waals surface area contributed by atoms with Gasteiger partial charge in [-0.15, -0.1) is 0 Å². The van der Waals surface area contributed by atoms with E-state index in [1.165, 1.54) is 0 Å². The number of aryl methyl sites for hydroxylation is 2. The highest BCUT2D eigenvalue weighted by Crippen LogP contribution is 2.25. The summed E-state index contributed by atoms with van der Waals surface area (Å²) in [5, 5.41) is 3.41. The highest BCUT2D eigenvalue weighted by Gasteiger charge is 2.14. The standard InChI is InChI=1S/C17H18ClNO2/c1-4-21-16-8-6-13(18)10-14(16)17(20)19-15-7-5-11(2)9-12(15)3/h5-10H,4H2,1-3H3,(H,19,20). The van der Waals surface area contributed by atoms with Gasteiger partial charge in [-0.05, 0) is 50.6 Å². The molecule has 0 unspecified atom stereocenters. The number of hydrogen-bond acceptors (Lipinski definition) is 2. The molecule has 0 saturated heterocycles. The lowest BCUT2D eigenvalue weighted by molar-refractivity contribution is 0.102. The number of carbonyl (C=O) groups is 1. The molecule has 0 aromatic heterocycles. The first kappa shape index (κ1) is 15.4. The highest BCUT2D eigenvalue weighted by atomic mass is 35.5. The van der Waals surface area contributed by atoms with Gasteiger partial charge >= 0.3 is 0 Å². The van der Waals surface area contributed by atoms with Crippen molar-refractivity contribution in [2.75, 3.05) is 11.9 Å². The van der Waals surface area contributed by atoms with Crippen molar-refractivity contribution in [3.05, 3.63) is 58.1 Å². The topological polar surface area (TPSA) is 38.3 Å². The highest BCUT2D eigenvalue weighted by molar-refractivity contribution is 6.31. The molecule has 0 radical (unpaired) electrons. The summed E-state index contributed by atoms with van der Waals surface area (Å²) in [4.78, 5) is 12.4. The molecule has 1 N–H and O–H groups in total. The minimum absolute atomic E-state index is 0.229. The Kier molecular flexibility index (Phi) is 4.86. The summed E-state index contributed by atoms with van der Waals surface area (Å²) >= 11 is 5.98. The van der Waals surface area contributed by atoms with Crippen molar-refractivity contribution in [2.24, 2.45) is 0 Å². The molecule has 0 atom stereocenters. The molecule has 0 aliphatic rings. The van der Waals surface area contributed by atoms with E-state index < -0.39 is 0 Å². The van der Waals surface area contributed by atoms with Crippen molar-refractivity contribution in [3.63, 3.8) is 0 Å². The molecule has 4 heteroatoms. The van der Waals surface area contributed by atoms with E-state index in [4.69, 9.17) is 16.3 Å². The van der Waals surface area contributed by atoms with Crippen molar-refractivity contribution in [2.45, 2.75) is 20.8 Å². The van der Waals surface area contributed by atoms with E-state index in [-0.39, 0.29) is 5.91 Å². The third-order valence-corrected chi connectivity index (χ3v) is 3.35. The Morgan fingerprint density at radius 1 is 1.19 bits per heavy atom. The van der Waals surface area contributed by atoms with Crippen molar-refractivity contribution < 1.29 is 9.53 Å². The van der Waals surface area contributed by atoms with E-state index in [0.717, 1.165) is 16.8 Å². The molecule has 1 amide bonds. The van der Waals surface area contributed by atoms with E-state index in [0.29, 0.717) is 22.9 Å². The largest absolute Gasteiger partial charge is 0.493 e. The predicted molar refractivity (Wildman–Crippen MR) is 86.5 cm³/mol. The second-order valence-corrected chi connectivity index (χ2v) is 5.28. The van der Waals surface area contributed by atoms with Crippen molar-refractivity contribution in [1.29, 1.82) is 0 Å². The van der Waals surface area contributed by atoms with E-state index in [2.05, 4.69) is 5.32 Å². The number of hydrogen-bond donors (Lipinski definition) is 1. The zero-order valence-electron chi connectivity index (χ0n) is 12.4. The van der Waals surface area contributed by atoms with Crippen LogP contribution in [0.1, 0.15) is 28.4 Å². The fourth-order valence-corrected chi connectivity index (χ4v) is 2.28. The van der Waals surface area contributed by atoms with Gasteiger partial charge in [-0.1, -0.05) is 29.3 Å². The molecule has 0 spiro atoms. The van der Waals surface area contributed by atoms with Gasteiger partial charge in [0.1, 0.15) is 5.75 Å². The number of ether oxygens (including phenoxy) is 1. The third-order valence-electron chi connectivity index (χ3n) is 3.12. The Hall–Kier alpha value is -2.00. The average molecular weight is 304 g/mol. The van der Waals surface area contributed by atoms with Crippen molar-refractivity contribution in [1.82, 2.24) is 0 Å². The van der Waals surface area contributed by atoms with Crippen LogP contribution in [0.15, 0.2) is 36.4 Å². The van der Waals surface area contributed by atoms with Gasteiger partial charge in [-0.25, -0.2) is 0 Å². The minimum atomic E-state index is -0.229. The molecular formula is C17H18ClNO2. The quantitative estimate of drug-likeness (QED) is 0.896. The van der Waals surface area contributed by atoms with Crippen molar-refractivity contribution in [3.8, 4) is 5.75 Å². The van der Waals surface area contributed by atoms with Gasteiger partial charge in [0.15, 0.2) is 0 Å². The van der Waals surface area contributed by atoms with Gasteiger partial charge in [0.05, 0.1) is 12.2 Å². The van der Waals surface area contributed by atoms with Crippen LogP contribution in [-0.2, 0) is 0 Å². The van der Waals surface area contributed by atoms with Gasteiger partial charge in [-0.3, -0.25) is 4.79 Å². The van der Waals surface area contributed by atoms with Crippen LogP contribution in [0.4, 0.5) is 5.69 Å². The number of anilines is 1. The molecule has 110 valence electrons. The predicted octanol–water partition coefficient (Wildman–Crippen LogP) is 4.61. The SMILES string of the molecule is CCOc1ccc(Cl)cc1C(=O)Nc1ccc(C)cc1C. The normalized spacial score (nSPS) is 10.3. The molecule has 0 fully saturated rings. The van der Waals surface area contributed by atoms with Crippen LogP contribution in [0.3, 0.4) is 0 Å². The maximum Gasteiger partial charge on any atom is 0.259 e. The smallest absolute Gasteiger partial charge is 0.259 e. The summed E-state index contributed by atoms with van der Waals surface area (Å²) in [6, 6.07) is 10.9. The maximum absolute atomic E-state index is 12.4. The molecule has 3 nitrogen and oxygen atoms in total. The third kappa shape index (κ3) is 3.76. The molecule has 2 rings (SSSR count). The van der Waals surface area contributed by atoms with E-state index >= 15 is 0 Å². The zero-order valence-corrected chi connectivity index (χ0v) is 13.1. The van der Waals surface area contributed by atoms with Crippen molar-refractivity contribution >= 4 is 23.2 Å². The average Bonchev–Trinajstić information content (AvgIpc) is 2.44. The van der Waals surface area contributed by atoms with Gasteiger partial charge in [0.2, 0.25) is 0 Å². The first-order valence-electron chi connectivity index (χ1n) is 6.82. The summed E-state index contributed by atoms with van der Waals surface area (Å²) in [6.45, 7) is 6.35. The van der Waals surface area contributed by atoms with Gasteiger partial charge < -0.3 is 10.1 Å². The maximum atomic E-state index is 12.4. The second-order valence-electron chi connectivity index (χ2n) is 4.85. The number of benzene rings is 2. The van der Waals surface area contributed by atoms with E-state index in [1.807, 2.05) is 39.0 Å². The van der Waals surface area contributed by atoms with Crippen LogP contribution in [0.25, 0.3) is 0 Å². The summed E-state index contributed by atoms with van der Waals surface area (Å²) in [5.74, 6) is 0.303. The van der Waals surface area contributed by atoms with Crippen LogP contribution in [0.5, 0.6) is 5.75 Å². The first-order valence-corrected chi connectivity index (χ1v) is 7.20.